The normalized spacial score (nSPS) is 11.8. The fourth-order valence-corrected chi connectivity index (χ4v) is 1.22. The van der Waals surface area contributed by atoms with Crippen molar-refractivity contribution in [1.82, 2.24) is 0 Å². The lowest BCUT2D eigenvalue weighted by Crippen LogP contribution is -2.14. The van der Waals surface area contributed by atoms with Gasteiger partial charge in [0.15, 0.2) is 0 Å². The standard InChI is InChI=1S/C10H11ClN2/c1-8(6-7-12)13-10-5-3-2-4-9(10)11/h2-5,8,13H,6H2,1H3. The first kappa shape index (κ1) is 9.88. The number of hydrogen-bond acceptors (Lipinski definition) is 2. The van der Waals surface area contributed by atoms with Crippen LogP contribution in [0.1, 0.15) is 13.3 Å². The summed E-state index contributed by atoms with van der Waals surface area (Å²) < 4.78 is 0. The smallest absolute Gasteiger partial charge is 0.0643 e. The molecule has 0 aliphatic heterocycles. The van der Waals surface area contributed by atoms with E-state index in [2.05, 4.69) is 11.4 Å². The van der Waals surface area contributed by atoms with Crippen LogP contribution in [-0.2, 0) is 0 Å². The van der Waals surface area contributed by atoms with Crippen LogP contribution in [0.4, 0.5) is 5.69 Å². The number of halogens is 1. The van der Waals surface area contributed by atoms with Gasteiger partial charge in [-0.05, 0) is 19.1 Å². The molecule has 0 bridgehead atoms. The van der Waals surface area contributed by atoms with E-state index >= 15 is 0 Å². The molecule has 68 valence electrons. The molecule has 0 spiro atoms. The van der Waals surface area contributed by atoms with E-state index in [4.69, 9.17) is 16.9 Å². The fourth-order valence-electron chi connectivity index (χ4n) is 1.03. The molecule has 0 saturated heterocycles. The summed E-state index contributed by atoms with van der Waals surface area (Å²) in [7, 11) is 0. The molecular formula is C10H11ClN2. The lowest BCUT2D eigenvalue weighted by atomic mass is 10.2. The molecule has 0 heterocycles. The first-order valence-electron chi connectivity index (χ1n) is 4.12. The molecule has 1 unspecified atom stereocenters. The second-order valence-corrected chi connectivity index (χ2v) is 3.29. The van der Waals surface area contributed by atoms with Crippen molar-refractivity contribution >= 4 is 17.3 Å². The van der Waals surface area contributed by atoms with Gasteiger partial charge in [-0.25, -0.2) is 0 Å². The van der Waals surface area contributed by atoms with Gasteiger partial charge >= 0.3 is 0 Å². The molecule has 0 aromatic heterocycles. The average molecular weight is 195 g/mol. The molecule has 0 fully saturated rings. The molecule has 0 aliphatic rings. The van der Waals surface area contributed by atoms with E-state index in [0.717, 1.165) is 5.69 Å². The Morgan fingerprint density at radius 2 is 2.23 bits per heavy atom. The molecule has 0 saturated carbocycles. The minimum atomic E-state index is 0.130. The maximum Gasteiger partial charge on any atom is 0.0643 e. The van der Waals surface area contributed by atoms with E-state index in [1.807, 2.05) is 31.2 Å². The number of nitrogens with zero attached hydrogens (tertiary/aromatic N) is 1. The highest BCUT2D eigenvalue weighted by atomic mass is 35.5. The highest BCUT2D eigenvalue weighted by Crippen LogP contribution is 2.21. The molecule has 13 heavy (non-hydrogen) atoms. The molecule has 0 radical (unpaired) electrons. The average Bonchev–Trinajstić information content (AvgIpc) is 2.09. The lowest BCUT2D eigenvalue weighted by Gasteiger charge is -2.12. The van der Waals surface area contributed by atoms with Crippen molar-refractivity contribution < 1.29 is 0 Å². The Labute approximate surface area is 83.1 Å². The van der Waals surface area contributed by atoms with Crippen molar-refractivity contribution in [2.45, 2.75) is 19.4 Å². The highest BCUT2D eigenvalue weighted by molar-refractivity contribution is 6.33. The molecule has 1 N–H and O–H groups in total. The molecule has 1 aromatic carbocycles. The summed E-state index contributed by atoms with van der Waals surface area (Å²) in [6, 6.07) is 9.74. The maximum absolute atomic E-state index is 8.46. The van der Waals surface area contributed by atoms with Gasteiger partial charge in [-0.1, -0.05) is 23.7 Å². The Morgan fingerprint density at radius 3 is 2.85 bits per heavy atom. The van der Waals surface area contributed by atoms with E-state index in [0.29, 0.717) is 11.4 Å². The molecule has 0 aliphatic carbocycles. The summed E-state index contributed by atoms with van der Waals surface area (Å²) >= 11 is 5.92. The van der Waals surface area contributed by atoms with Gasteiger partial charge in [-0.3, -0.25) is 0 Å². The van der Waals surface area contributed by atoms with Crippen LogP contribution in [0.3, 0.4) is 0 Å². The number of rotatable bonds is 3. The van der Waals surface area contributed by atoms with Gasteiger partial charge in [0.2, 0.25) is 0 Å². The van der Waals surface area contributed by atoms with Gasteiger partial charge in [0.25, 0.3) is 0 Å². The highest BCUT2D eigenvalue weighted by Gasteiger charge is 2.02. The minimum absolute atomic E-state index is 0.130. The quantitative estimate of drug-likeness (QED) is 0.803. The lowest BCUT2D eigenvalue weighted by molar-refractivity contribution is 0.821. The van der Waals surface area contributed by atoms with Crippen LogP contribution in [-0.4, -0.2) is 6.04 Å². The second-order valence-electron chi connectivity index (χ2n) is 2.89. The number of anilines is 1. The summed E-state index contributed by atoms with van der Waals surface area (Å²) in [6.07, 6.45) is 0.477. The van der Waals surface area contributed by atoms with E-state index < -0.39 is 0 Å². The maximum atomic E-state index is 8.46. The second kappa shape index (κ2) is 4.74. The van der Waals surface area contributed by atoms with Crippen molar-refractivity contribution in [3.05, 3.63) is 29.3 Å². The first-order valence-corrected chi connectivity index (χ1v) is 4.50. The zero-order valence-corrected chi connectivity index (χ0v) is 8.17. The van der Waals surface area contributed by atoms with Gasteiger partial charge in [-0.15, -0.1) is 0 Å². The molecule has 1 aromatic rings. The van der Waals surface area contributed by atoms with Crippen molar-refractivity contribution in [3.8, 4) is 6.07 Å². The van der Waals surface area contributed by atoms with Gasteiger partial charge in [0.1, 0.15) is 0 Å². The number of hydrogen-bond donors (Lipinski definition) is 1. The van der Waals surface area contributed by atoms with Crippen LogP contribution < -0.4 is 5.32 Å². The fraction of sp³-hybridized carbons (Fsp3) is 0.300. The van der Waals surface area contributed by atoms with E-state index in [9.17, 15) is 0 Å². The first-order chi connectivity index (χ1) is 6.24. The molecule has 1 rings (SSSR count). The number of nitrogens with one attached hydrogen (secondary N) is 1. The van der Waals surface area contributed by atoms with E-state index in [-0.39, 0.29) is 6.04 Å². The molecule has 0 amide bonds. The van der Waals surface area contributed by atoms with Crippen LogP contribution in [0.15, 0.2) is 24.3 Å². The van der Waals surface area contributed by atoms with Gasteiger partial charge in [-0.2, -0.15) is 5.26 Å². The molecule has 2 nitrogen and oxygen atoms in total. The van der Waals surface area contributed by atoms with Gasteiger partial charge < -0.3 is 5.32 Å². The van der Waals surface area contributed by atoms with Crippen LogP contribution in [0, 0.1) is 11.3 Å². The van der Waals surface area contributed by atoms with Crippen LogP contribution in [0.2, 0.25) is 5.02 Å². The Kier molecular flexibility index (Phi) is 3.60. The summed E-state index contributed by atoms with van der Waals surface area (Å²) in [5.74, 6) is 0. The Balaban J connectivity index is 2.64. The van der Waals surface area contributed by atoms with Crippen LogP contribution in [0.5, 0.6) is 0 Å². The number of benzene rings is 1. The molecular weight excluding hydrogens is 184 g/mol. The third-order valence-corrected chi connectivity index (χ3v) is 2.00. The Morgan fingerprint density at radius 1 is 1.54 bits per heavy atom. The predicted molar refractivity (Wildman–Crippen MR) is 54.8 cm³/mol. The SMILES string of the molecule is CC(CC#N)Nc1ccccc1Cl. The molecule has 1 atom stereocenters. The summed E-state index contributed by atoms with van der Waals surface area (Å²) in [5, 5.41) is 12.3. The van der Waals surface area contributed by atoms with Crippen LogP contribution in [0.25, 0.3) is 0 Å². The Hall–Kier alpha value is -1.20. The molecule has 3 heteroatoms. The largest absolute Gasteiger partial charge is 0.380 e. The van der Waals surface area contributed by atoms with Crippen LogP contribution >= 0.6 is 11.6 Å². The van der Waals surface area contributed by atoms with Gasteiger partial charge in [0, 0.05) is 6.04 Å². The van der Waals surface area contributed by atoms with Crippen molar-refractivity contribution in [2.75, 3.05) is 5.32 Å². The van der Waals surface area contributed by atoms with E-state index in [1.165, 1.54) is 0 Å². The van der Waals surface area contributed by atoms with Crippen molar-refractivity contribution in [3.63, 3.8) is 0 Å². The minimum Gasteiger partial charge on any atom is -0.380 e. The number of nitriles is 1. The third kappa shape index (κ3) is 2.96. The Bertz CT molecular complexity index is 317. The van der Waals surface area contributed by atoms with Crippen molar-refractivity contribution in [2.24, 2.45) is 0 Å². The zero-order chi connectivity index (χ0) is 9.68. The third-order valence-electron chi connectivity index (χ3n) is 1.67. The predicted octanol–water partition coefficient (Wildman–Crippen LogP) is 3.05. The summed E-state index contributed by atoms with van der Waals surface area (Å²) in [6.45, 7) is 1.95. The van der Waals surface area contributed by atoms with E-state index in [1.54, 1.807) is 0 Å². The van der Waals surface area contributed by atoms with Gasteiger partial charge in [0.05, 0.1) is 23.2 Å². The topological polar surface area (TPSA) is 35.8 Å². The van der Waals surface area contributed by atoms with Crippen molar-refractivity contribution in [1.29, 1.82) is 5.26 Å². The summed E-state index contributed by atoms with van der Waals surface area (Å²) in [4.78, 5) is 0. The summed E-state index contributed by atoms with van der Waals surface area (Å²) in [5.41, 5.74) is 0.881. The number of para-hydroxylation sites is 1. The zero-order valence-electron chi connectivity index (χ0n) is 7.42. The monoisotopic (exact) mass is 194 g/mol.